The molecular weight excluding hydrogens is 318 g/mol. The van der Waals surface area contributed by atoms with Gasteiger partial charge in [-0.3, -0.25) is 14.6 Å². The highest BCUT2D eigenvalue weighted by molar-refractivity contribution is 5.96. The number of aromatic nitrogens is 1. The van der Waals surface area contributed by atoms with Gasteiger partial charge in [0.15, 0.2) is 5.78 Å². The molecule has 1 aromatic heterocycles. The topological polar surface area (TPSA) is 86.4 Å². The summed E-state index contributed by atoms with van der Waals surface area (Å²) in [6.45, 7) is 1.29. The normalized spacial score (nSPS) is 32.2. The fourth-order valence-corrected chi connectivity index (χ4v) is 4.32. The number of amides is 1. The number of fused-ring (bicyclic) bond motifs is 1. The van der Waals surface area contributed by atoms with E-state index in [1.165, 1.54) is 0 Å². The molecule has 1 saturated carbocycles. The molecule has 4 unspecified atom stereocenters. The number of Topliss-reactive ketones (excluding diaryl/α,β-unsaturated/α-hetero) is 1. The van der Waals surface area contributed by atoms with Gasteiger partial charge in [0.1, 0.15) is 5.69 Å². The van der Waals surface area contributed by atoms with Crippen molar-refractivity contribution in [2.24, 2.45) is 11.8 Å². The van der Waals surface area contributed by atoms with Crippen LogP contribution in [0.4, 0.5) is 0 Å². The fraction of sp³-hybridized carbons (Fsp3) is 0.611. The van der Waals surface area contributed by atoms with Gasteiger partial charge in [-0.1, -0.05) is 6.07 Å². The molecule has 2 saturated heterocycles. The summed E-state index contributed by atoms with van der Waals surface area (Å²) in [5.41, 5.74) is 9.88. The number of ketones is 1. The van der Waals surface area contributed by atoms with E-state index in [2.05, 4.69) is 21.4 Å². The predicted molar refractivity (Wildman–Crippen MR) is 92.2 cm³/mol. The number of carbonyl (C=O) groups is 2. The molecule has 7 heteroatoms. The van der Waals surface area contributed by atoms with E-state index in [0.29, 0.717) is 24.3 Å². The van der Waals surface area contributed by atoms with Gasteiger partial charge in [-0.2, -0.15) is 5.53 Å². The van der Waals surface area contributed by atoms with Crippen molar-refractivity contribution in [2.45, 2.75) is 44.2 Å². The second-order valence-electron chi connectivity index (χ2n) is 7.34. The molecule has 3 N–H and O–H groups in total. The monoisotopic (exact) mass is 343 g/mol. The second-order valence-corrected chi connectivity index (χ2v) is 7.34. The molecule has 0 aromatic carbocycles. The molecule has 7 nitrogen and oxygen atoms in total. The van der Waals surface area contributed by atoms with E-state index in [1.807, 2.05) is 17.0 Å². The highest BCUT2D eigenvalue weighted by Gasteiger charge is 2.39. The minimum Gasteiger partial charge on any atom is -0.342 e. The van der Waals surface area contributed by atoms with Gasteiger partial charge < -0.3 is 4.90 Å². The number of piperidine rings is 1. The van der Waals surface area contributed by atoms with Crippen LogP contribution >= 0.6 is 0 Å². The van der Waals surface area contributed by atoms with Crippen molar-refractivity contribution in [3.8, 4) is 0 Å². The van der Waals surface area contributed by atoms with Crippen LogP contribution in [0, 0.1) is 11.8 Å². The number of likely N-dealkylation sites (tertiary alicyclic amines) is 1. The number of pyridine rings is 1. The zero-order chi connectivity index (χ0) is 17.2. The summed E-state index contributed by atoms with van der Waals surface area (Å²) in [6.07, 6.45) is 6.11. The Morgan fingerprint density at radius 3 is 2.80 bits per heavy atom. The van der Waals surface area contributed by atoms with Crippen LogP contribution < -0.4 is 16.4 Å². The molecule has 1 aromatic rings. The van der Waals surface area contributed by atoms with E-state index in [4.69, 9.17) is 0 Å². The minimum atomic E-state index is -0.128. The maximum Gasteiger partial charge on any atom is 0.225 e. The highest BCUT2D eigenvalue weighted by atomic mass is 16.2. The van der Waals surface area contributed by atoms with Crippen LogP contribution in [0.1, 0.15) is 42.6 Å². The average Bonchev–Trinajstić information content (AvgIpc) is 3.15. The van der Waals surface area contributed by atoms with Gasteiger partial charge in [0.05, 0.1) is 0 Å². The summed E-state index contributed by atoms with van der Waals surface area (Å²) in [4.78, 5) is 31.7. The van der Waals surface area contributed by atoms with Crippen LogP contribution in [-0.4, -0.2) is 46.7 Å². The number of hydrazine groups is 2. The van der Waals surface area contributed by atoms with Gasteiger partial charge in [-0.05, 0) is 44.2 Å². The van der Waals surface area contributed by atoms with Gasteiger partial charge >= 0.3 is 0 Å². The molecular formula is C18H25N5O2. The van der Waals surface area contributed by atoms with Crippen molar-refractivity contribution < 1.29 is 9.59 Å². The van der Waals surface area contributed by atoms with Crippen LogP contribution in [0.25, 0.3) is 0 Å². The van der Waals surface area contributed by atoms with Crippen LogP contribution in [0.2, 0.25) is 0 Å². The van der Waals surface area contributed by atoms with Crippen molar-refractivity contribution in [1.82, 2.24) is 26.3 Å². The maximum atomic E-state index is 13.0. The van der Waals surface area contributed by atoms with E-state index < -0.39 is 0 Å². The molecule has 134 valence electrons. The standard InChI is InChI=1S/C18H25N5O2/c24-17(15-5-1-2-8-19-15)13-4-3-9-23(11-13)18(25)12-6-7-14-16(10-12)21-22-20-14/h1-2,5,8,12-14,16,20-22H,3-4,6-7,9-11H2. The van der Waals surface area contributed by atoms with E-state index in [9.17, 15) is 9.59 Å². The van der Waals surface area contributed by atoms with Crippen LogP contribution in [0.3, 0.4) is 0 Å². The Labute approximate surface area is 147 Å². The summed E-state index contributed by atoms with van der Waals surface area (Å²) in [5, 5.41) is 0. The van der Waals surface area contributed by atoms with Gasteiger partial charge in [0.25, 0.3) is 0 Å². The van der Waals surface area contributed by atoms with Crippen LogP contribution in [-0.2, 0) is 4.79 Å². The molecule has 2 aliphatic heterocycles. The zero-order valence-electron chi connectivity index (χ0n) is 14.3. The Hall–Kier alpha value is -1.83. The lowest BCUT2D eigenvalue weighted by molar-refractivity contribution is -0.138. The predicted octanol–water partition coefficient (Wildman–Crippen LogP) is 0.653. The number of nitrogens with zero attached hydrogens (tertiary/aromatic N) is 2. The van der Waals surface area contributed by atoms with Crippen molar-refractivity contribution >= 4 is 11.7 Å². The first-order valence-corrected chi connectivity index (χ1v) is 9.22. The fourth-order valence-electron chi connectivity index (χ4n) is 4.32. The molecule has 25 heavy (non-hydrogen) atoms. The summed E-state index contributed by atoms with van der Waals surface area (Å²) >= 11 is 0. The Morgan fingerprint density at radius 2 is 1.96 bits per heavy atom. The molecule has 0 spiro atoms. The Bertz CT molecular complexity index is 638. The molecule has 3 aliphatic rings. The van der Waals surface area contributed by atoms with E-state index in [1.54, 1.807) is 12.3 Å². The number of rotatable bonds is 3. The molecule has 4 rings (SSSR count). The molecule has 1 aliphatic carbocycles. The van der Waals surface area contributed by atoms with Crippen molar-refractivity contribution in [3.05, 3.63) is 30.1 Å². The highest BCUT2D eigenvalue weighted by Crippen LogP contribution is 2.29. The first kappa shape index (κ1) is 16.6. The van der Waals surface area contributed by atoms with E-state index in [-0.39, 0.29) is 23.5 Å². The van der Waals surface area contributed by atoms with Crippen LogP contribution in [0.15, 0.2) is 24.4 Å². The first-order chi connectivity index (χ1) is 12.2. The SMILES string of the molecule is O=C(c1ccccn1)C1CCCN(C(=O)C2CCC3NNNC3C2)C1. The third-order valence-electron chi connectivity index (χ3n) is 5.74. The quantitative estimate of drug-likeness (QED) is 0.699. The molecule has 1 amide bonds. The third-order valence-corrected chi connectivity index (χ3v) is 5.74. The molecule has 0 radical (unpaired) electrons. The lowest BCUT2D eigenvalue weighted by Gasteiger charge is -2.37. The molecule has 3 fully saturated rings. The first-order valence-electron chi connectivity index (χ1n) is 9.22. The molecule has 4 atom stereocenters. The minimum absolute atomic E-state index is 0.0548. The van der Waals surface area contributed by atoms with Gasteiger partial charge in [0.2, 0.25) is 5.91 Å². The van der Waals surface area contributed by atoms with Gasteiger partial charge in [-0.15, -0.1) is 0 Å². The zero-order valence-corrected chi connectivity index (χ0v) is 14.3. The van der Waals surface area contributed by atoms with Crippen molar-refractivity contribution in [1.29, 1.82) is 0 Å². The summed E-state index contributed by atoms with van der Waals surface area (Å²) < 4.78 is 0. The Morgan fingerprint density at radius 1 is 1.08 bits per heavy atom. The summed E-state index contributed by atoms with van der Waals surface area (Å²) in [6, 6.07) is 6.12. The van der Waals surface area contributed by atoms with E-state index >= 15 is 0 Å². The van der Waals surface area contributed by atoms with Crippen molar-refractivity contribution in [2.75, 3.05) is 13.1 Å². The second kappa shape index (κ2) is 7.19. The van der Waals surface area contributed by atoms with Crippen LogP contribution in [0.5, 0.6) is 0 Å². The molecule has 3 heterocycles. The molecule has 0 bridgehead atoms. The maximum absolute atomic E-state index is 13.0. The number of nitrogens with one attached hydrogen (secondary N) is 3. The number of carbonyl (C=O) groups excluding carboxylic acids is 2. The number of hydrogen-bond donors (Lipinski definition) is 3. The Kier molecular flexibility index (Phi) is 4.78. The average molecular weight is 343 g/mol. The third kappa shape index (κ3) is 3.44. The lowest BCUT2D eigenvalue weighted by atomic mass is 9.81. The summed E-state index contributed by atoms with van der Waals surface area (Å²) in [7, 11) is 0. The largest absolute Gasteiger partial charge is 0.342 e. The smallest absolute Gasteiger partial charge is 0.225 e. The van der Waals surface area contributed by atoms with Crippen molar-refractivity contribution in [3.63, 3.8) is 0 Å². The Balaban J connectivity index is 1.39. The van der Waals surface area contributed by atoms with Gasteiger partial charge in [0, 0.05) is 43.2 Å². The lowest BCUT2D eigenvalue weighted by Crippen LogP contribution is -2.49. The number of hydrogen-bond acceptors (Lipinski definition) is 6. The van der Waals surface area contributed by atoms with E-state index in [0.717, 1.165) is 38.6 Å². The summed E-state index contributed by atoms with van der Waals surface area (Å²) in [5.74, 6) is 0.203. The van der Waals surface area contributed by atoms with Gasteiger partial charge in [-0.25, -0.2) is 10.9 Å².